The molecule has 2 rings (SSSR count). The third kappa shape index (κ3) is 4.05. The van der Waals surface area contributed by atoms with E-state index in [0.29, 0.717) is 5.92 Å². The lowest BCUT2D eigenvalue weighted by Crippen LogP contribution is -2.48. The molecule has 1 saturated heterocycles. The molecule has 3 heteroatoms. The van der Waals surface area contributed by atoms with E-state index in [-0.39, 0.29) is 6.04 Å². The van der Waals surface area contributed by atoms with E-state index in [1.807, 2.05) is 0 Å². The van der Waals surface area contributed by atoms with Gasteiger partial charge in [-0.05, 0) is 23.6 Å². The van der Waals surface area contributed by atoms with Crippen LogP contribution >= 0.6 is 0 Å². The fourth-order valence-electron chi connectivity index (χ4n) is 2.80. The van der Waals surface area contributed by atoms with Gasteiger partial charge in [0.15, 0.2) is 0 Å². The van der Waals surface area contributed by atoms with Crippen LogP contribution < -0.4 is 5.73 Å². The summed E-state index contributed by atoms with van der Waals surface area (Å²) in [7, 11) is 0. The molecule has 0 aromatic heterocycles. The normalized spacial score (nSPS) is 19.4. The summed E-state index contributed by atoms with van der Waals surface area (Å²) in [5.41, 5.74) is 9.01. The molecule has 0 radical (unpaired) electrons. The molecule has 1 heterocycles. The second kappa shape index (κ2) is 7.21. The van der Waals surface area contributed by atoms with Gasteiger partial charge in [0, 0.05) is 38.8 Å². The van der Waals surface area contributed by atoms with Crippen LogP contribution in [0.15, 0.2) is 24.3 Å². The van der Waals surface area contributed by atoms with Gasteiger partial charge in [-0.15, -0.1) is 0 Å². The number of likely N-dealkylation sites (N-methyl/N-ethyl adjacent to an activating group) is 1. The third-order valence-electron chi connectivity index (χ3n) is 4.40. The average Bonchev–Trinajstić information content (AvgIpc) is 2.48. The van der Waals surface area contributed by atoms with E-state index in [9.17, 15) is 0 Å². The van der Waals surface area contributed by atoms with Crippen molar-refractivity contribution >= 4 is 0 Å². The van der Waals surface area contributed by atoms with Crippen molar-refractivity contribution in [1.29, 1.82) is 0 Å². The van der Waals surface area contributed by atoms with E-state index in [2.05, 4.69) is 54.8 Å². The number of nitrogens with zero attached hydrogens (tertiary/aromatic N) is 2. The lowest BCUT2D eigenvalue weighted by Gasteiger charge is -2.35. The molecular weight excluding hydrogens is 246 g/mol. The van der Waals surface area contributed by atoms with Crippen LogP contribution in [-0.4, -0.2) is 49.1 Å². The number of piperazine rings is 1. The average molecular weight is 275 g/mol. The molecule has 0 aliphatic carbocycles. The van der Waals surface area contributed by atoms with Crippen LogP contribution in [0.2, 0.25) is 0 Å². The Morgan fingerprint density at radius 1 is 0.950 bits per heavy atom. The van der Waals surface area contributed by atoms with Gasteiger partial charge in [-0.25, -0.2) is 0 Å². The SMILES string of the molecule is CCN1CCN(CC(N)c2ccc(C(C)C)cc2)CC1. The van der Waals surface area contributed by atoms with Crippen molar-refractivity contribution in [2.24, 2.45) is 5.73 Å². The van der Waals surface area contributed by atoms with Crippen LogP contribution in [0.5, 0.6) is 0 Å². The summed E-state index contributed by atoms with van der Waals surface area (Å²) in [5, 5.41) is 0. The van der Waals surface area contributed by atoms with Gasteiger partial charge in [0.25, 0.3) is 0 Å². The largest absolute Gasteiger partial charge is 0.323 e. The Morgan fingerprint density at radius 3 is 1.95 bits per heavy atom. The summed E-state index contributed by atoms with van der Waals surface area (Å²) in [6, 6.07) is 8.96. The molecule has 112 valence electrons. The second-order valence-electron chi connectivity index (χ2n) is 6.16. The van der Waals surface area contributed by atoms with Crippen LogP contribution in [-0.2, 0) is 0 Å². The lowest BCUT2D eigenvalue weighted by molar-refractivity contribution is 0.132. The van der Waals surface area contributed by atoms with Crippen LogP contribution in [0.25, 0.3) is 0 Å². The van der Waals surface area contributed by atoms with Crippen LogP contribution in [0, 0.1) is 0 Å². The van der Waals surface area contributed by atoms with E-state index >= 15 is 0 Å². The quantitative estimate of drug-likeness (QED) is 0.896. The van der Waals surface area contributed by atoms with Crippen molar-refractivity contribution < 1.29 is 0 Å². The van der Waals surface area contributed by atoms with E-state index in [0.717, 1.165) is 26.2 Å². The molecule has 1 aliphatic heterocycles. The van der Waals surface area contributed by atoms with Crippen molar-refractivity contribution in [3.05, 3.63) is 35.4 Å². The van der Waals surface area contributed by atoms with Gasteiger partial charge in [0.2, 0.25) is 0 Å². The predicted molar refractivity (Wildman–Crippen MR) is 86.0 cm³/mol. The first-order valence-corrected chi connectivity index (χ1v) is 7.90. The minimum atomic E-state index is 0.129. The Labute approximate surface area is 123 Å². The van der Waals surface area contributed by atoms with Gasteiger partial charge >= 0.3 is 0 Å². The fraction of sp³-hybridized carbons (Fsp3) is 0.647. The maximum atomic E-state index is 6.36. The molecular formula is C17H29N3. The highest BCUT2D eigenvalue weighted by molar-refractivity contribution is 5.26. The third-order valence-corrected chi connectivity index (χ3v) is 4.40. The Kier molecular flexibility index (Phi) is 5.58. The van der Waals surface area contributed by atoms with Gasteiger partial charge in [0.05, 0.1) is 0 Å². The van der Waals surface area contributed by atoms with Gasteiger partial charge < -0.3 is 10.6 Å². The summed E-state index contributed by atoms with van der Waals surface area (Å²) in [6.45, 7) is 13.5. The number of benzene rings is 1. The molecule has 1 atom stereocenters. The molecule has 1 aliphatic rings. The first kappa shape index (κ1) is 15.5. The predicted octanol–water partition coefficient (Wildman–Crippen LogP) is 2.45. The number of hydrogen-bond acceptors (Lipinski definition) is 3. The molecule has 1 unspecified atom stereocenters. The second-order valence-corrected chi connectivity index (χ2v) is 6.16. The van der Waals surface area contributed by atoms with Crippen molar-refractivity contribution in [3.63, 3.8) is 0 Å². The zero-order valence-electron chi connectivity index (χ0n) is 13.2. The topological polar surface area (TPSA) is 32.5 Å². The summed E-state index contributed by atoms with van der Waals surface area (Å²) < 4.78 is 0. The van der Waals surface area contributed by atoms with Crippen molar-refractivity contribution in [2.45, 2.75) is 32.7 Å². The molecule has 2 N–H and O–H groups in total. The first-order chi connectivity index (χ1) is 9.60. The van der Waals surface area contributed by atoms with E-state index in [1.54, 1.807) is 0 Å². The van der Waals surface area contributed by atoms with E-state index < -0.39 is 0 Å². The molecule has 1 fully saturated rings. The van der Waals surface area contributed by atoms with Crippen molar-refractivity contribution in [1.82, 2.24) is 9.80 Å². The Bertz CT molecular complexity index is 391. The highest BCUT2D eigenvalue weighted by Crippen LogP contribution is 2.18. The first-order valence-electron chi connectivity index (χ1n) is 7.90. The van der Waals surface area contributed by atoms with Crippen LogP contribution in [0.1, 0.15) is 43.9 Å². The maximum Gasteiger partial charge on any atom is 0.0424 e. The highest BCUT2D eigenvalue weighted by atomic mass is 15.3. The molecule has 0 bridgehead atoms. The lowest BCUT2D eigenvalue weighted by atomic mass is 9.99. The van der Waals surface area contributed by atoms with E-state index in [1.165, 1.54) is 24.2 Å². The molecule has 0 amide bonds. The van der Waals surface area contributed by atoms with Crippen LogP contribution in [0.4, 0.5) is 0 Å². The number of nitrogens with two attached hydrogens (primary N) is 1. The summed E-state index contributed by atoms with van der Waals surface area (Å²) in [4.78, 5) is 4.99. The summed E-state index contributed by atoms with van der Waals surface area (Å²) in [6.07, 6.45) is 0. The van der Waals surface area contributed by atoms with Gasteiger partial charge in [0.1, 0.15) is 0 Å². The Morgan fingerprint density at radius 2 is 1.45 bits per heavy atom. The maximum absolute atomic E-state index is 6.36. The Balaban J connectivity index is 1.87. The summed E-state index contributed by atoms with van der Waals surface area (Å²) in [5.74, 6) is 0.586. The van der Waals surface area contributed by atoms with Gasteiger partial charge in [-0.2, -0.15) is 0 Å². The molecule has 0 spiro atoms. The minimum Gasteiger partial charge on any atom is -0.323 e. The number of hydrogen-bond donors (Lipinski definition) is 1. The smallest absolute Gasteiger partial charge is 0.0424 e. The minimum absolute atomic E-state index is 0.129. The molecule has 3 nitrogen and oxygen atoms in total. The highest BCUT2D eigenvalue weighted by Gasteiger charge is 2.18. The molecule has 0 saturated carbocycles. The molecule has 20 heavy (non-hydrogen) atoms. The van der Waals surface area contributed by atoms with E-state index in [4.69, 9.17) is 5.73 Å². The fourth-order valence-corrected chi connectivity index (χ4v) is 2.80. The van der Waals surface area contributed by atoms with Crippen molar-refractivity contribution in [3.8, 4) is 0 Å². The van der Waals surface area contributed by atoms with Gasteiger partial charge in [-0.3, -0.25) is 4.90 Å². The Hall–Kier alpha value is -0.900. The van der Waals surface area contributed by atoms with Gasteiger partial charge in [-0.1, -0.05) is 45.0 Å². The zero-order valence-corrected chi connectivity index (χ0v) is 13.2. The number of rotatable bonds is 5. The monoisotopic (exact) mass is 275 g/mol. The molecule has 1 aromatic carbocycles. The molecule has 1 aromatic rings. The standard InChI is InChI=1S/C17H29N3/c1-4-19-9-11-20(12-10-19)13-17(18)16-7-5-15(6-8-16)14(2)3/h5-8,14,17H,4,9-13,18H2,1-3H3. The van der Waals surface area contributed by atoms with Crippen molar-refractivity contribution in [2.75, 3.05) is 39.3 Å². The van der Waals surface area contributed by atoms with Crippen LogP contribution in [0.3, 0.4) is 0 Å². The summed E-state index contributed by atoms with van der Waals surface area (Å²) >= 11 is 0. The zero-order chi connectivity index (χ0) is 14.5.